The Hall–Kier alpha value is -3.20. The molecule has 0 radical (unpaired) electrons. The fraction of sp³-hybridized carbons (Fsp3) is 0.150. The van der Waals surface area contributed by atoms with Gasteiger partial charge in [0.25, 0.3) is 5.91 Å². The Morgan fingerprint density at radius 1 is 1.10 bits per heavy atom. The zero-order valence-corrected chi connectivity index (χ0v) is 16.2. The number of amides is 1. The van der Waals surface area contributed by atoms with E-state index >= 15 is 0 Å². The summed E-state index contributed by atoms with van der Waals surface area (Å²) in [6.45, 7) is 3.77. The molecule has 0 spiro atoms. The van der Waals surface area contributed by atoms with E-state index in [0.29, 0.717) is 21.7 Å². The van der Waals surface area contributed by atoms with Gasteiger partial charge in [0.1, 0.15) is 11.3 Å². The molecule has 0 unspecified atom stereocenters. The Bertz CT molecular complexity index is 1210. The van der Waals surface area contributed by atoms with Gasteiger partial charge in [-0.25, -0.2) is 9.97 Å². The molecule has 0 aliphatic heterocycles. The van der Waals surface area contributed by atoms with Crippen LogP contribution in [0.25, 0.3) is 22.4 Å². The first-order valence-corrected chi connectivity index (χ1v) is 9.46. The summed E-state index contributed by atoms with van der Waals surface area (Å²) in [7, 11) is 0. The van der Waals surface area contributed by atoms with Crippen LogP contribution in [0.2, 0.25) is 0 Å². The summed E-state index contributed by atoms with van der Waals surface area (Å²) in [5.41, 5.74) is 1.60. The van der Waals surface area contributed by atoms with Gasteiger partial charge in [-0.3, -0.25) is 10.1 Å². The van der Waals surface area contributed by atoms with Crippen LogP contribution in [0.4, 0.5) is 18.3 Å². The number of imidazole rings is 1. The largest absolute Gasteiger partial charge is 0.416 e. The van der Waals surface area contributed by atoms with Crippen molar-refractivity contribution >= 4 is 33.4 Å². The lowest BCUT2D eigenvalue weighted by atomic mass is 10.1. The number of thiazole rings is 1. The van der Waals surface area contributed by atoms with Crippen LogP contribution < -0.4 is 5.32 Å². The van der Waals surface area contributed by atoms with E-state index in [1.54, 1.807) is 18.2 Å². The number of benzene rings is 2. The van der Waals surface area contributed by atoms with Crippen molar-refractivity contribution in [3.05, 3.63) is 64.2 Å². The quantitative estimate of drug-likeness (QED) is 0.458. The second kappa shape index (κ2) is 7.00. The molecule has 5 nitrogen and oxygen atoms in total. The highest BCUT2D eigenvalue weighted by atomic mass is 32.1. The number of para-hydroxylation sites is 1. The molecule has 29 heavy (non-hydrogen) atoms. The Morgan fingerprint density at radius 3 is 2.55 bits per heavy atom. The van der Waals surface area contributed by atoms with Gasteiger partial charge in [0.15, 0.2) is 5.13 Å². The number of fused-ring (bicyclic) bond motifs is 1. The highest BCUT2D eigenvalue weighted by Crippen LogP contribution is 2.32. The molecule has 1 amide bonds. The van der Waals surface area contributed by atoms with E-state index < -0.39 is 11.7 Å². The molecule has 2 heterocycles. The van der Waals surface area contributed by atoms with Crippen molar-refractivity contribution in [3.63, 3.8) is 0 Å². The van der Waals surface area contributed by atoms with E-state index in [9.17, 15) is 18.0 Å². The lowest BCUT2D eigenvalue weighted by Gasteiger charge is -2.07. The third-order valence-corrected chi connectivity index (χ3v) is 5.46. The van der Waals surface area contributed by atoms with Crippen LogP contribution >= 0.6 is 11.3 Å². The summed E-state index contributed by atoms with van der Waals surface area (Å²) < 4.78 is 39.0. The van der Waals surface area contributed by atoms with E-state index in [2.05, 4.69) is 20.3 Å². The minimum absolute atomic E-state index is 0.257. The summed E-state index contributed by atoms with van der Waals surface area (Å²) >= 11 is 1.37. The molecule has 2 aromatic heterocycles. The first kappa shape index (κ1) is 19.1. The van der Waals surface area contributed by atoms with Gasteiger partial charge in [0, 0.05) is 10.4 Å². The molecule has 0 saturated heterocycles. The maximum absolute atomic E-state index is 13.0. The summed E-state index contributed by atoms with van der Waals surface area (Å²) in [6.07, 6.45) is -4.45. The number of aromatic amines is 1. The molecule has 148 valence electrons. The molecule has 0 fully saturated rings. The van der Waals surface area contributed by atoms with Crippen LogP contribution in [0.3, 0.4) is 0 Å². The first-order valence-electron chi connectivity index (χ1n) is 8.64. The second-order valence-corrected chi connectivity index (χ2v) is 7.68. The topological polar surface area (TPSA) is 70.7 Å². The molecule has 4 aromatic rings. The summed E-state index contributed by atoms with van der Waals surface area (Å²) in [5.74, 6) is -0.126. The SMILES string of the molecule is Cc1nc(NC(=O)c2cccc3[nH]c(-c4cccc(C(F)(F)F)c4)nc23)sc1C. The number of hydrogen-bond acceptors (Lipinski definition) is 4. The fourth-order valence-corrected chi connectivity index (χ4v) is 3.70. The van der Waals surface area contributed by atoms with Crippen LogP contribution in [0.5, 0.6) is 0 Å². The van der Waals surface area contributed by atoms with Crippen molar-refractivity contribution in [1.82, 2.24) is 15.0 Å². The van der Waals surface area contributed by atoms with E-state index in [1.807, 2.05) is 13.8 Å². The number of nitrogens with one attached hydrogen (secondary N) is 2. The zero-order valence-electron chi connectivity index (χ0n) is 15.4. The number of halogens is 3. The van der Waals surface area contributed by atoms with Crippen molar-refractivity contribution in [3.8, 4) is 11.4 Å². The molecule has 9 heteroatoms. The van der Waals surface area contributed by atoms with E-state index in [-0.39, 0.29) is 17.3 Å². The maximum Gasteiger partial charge on any atom is 0.416 e. The Morgan fingerprint density at radius 2 is 1.86 bits per heavy atom. The number of carbonyl (C=O) groups is 1. The number of H-pyrrole nitrogens is 1. The zero-order chi connectivity index (χ0) is 20.8. The number of hydrogen-bond donors (Lipinski definition) is 2. The van der Waals surface area contributed by atoms with Gasteiger partial charge in [-0.05, 0) is 38.1 Å². The molecule has 0 aliphatic rings. The smallest absolute Gasteiger partial charge is 0.338 e. The van der Waals surface area contributed by atoms with Crippen molar-refractivity contribution in [2.75, 3.05) is 5.32 Å². The predicted octanol–water partition coefficient (Wildman–Crippen LogP) is 5.57. The Labute approximate surface area is 167 Å². The molecule has 2 aromatic carbocycles. The van der Waals surface area contributed by atoms with Gasteiger partial charge < -0.3 is 4.98 Å². The molecule has 0 saturated carbocycles. The molecular formula is C20H15F3N4OS. The number of alkyl halides is 3. The summed E-state index contributed by atoms with van der Waals surface area (Å²) in [4.78, 5) is 25.4. The number of carbonyl (C=O) groups excluding carboxylic acids is 1. The van der Waals surface area contributed by atoms with E-state index in [1.165, 1.54) is 23.5 Å². The van der Waals surface area contributed by atoms with Gasteiger partial charge in [-0.1, -0.05) is 18.2 Å². The van der Waals surface area contributed by atoms with Crippen LogP contribution in [0.1, 0.15) is 26.5 Å². The van der Waals surface area contributed by atoms with Crippen molar-refractivity contribution in [2.24, 2.45) is 0 Å². The lowest BCUT2D eigenvalue weighted by molar-refractivity contribution is -0.137. The molecule has 0 atom stereocenters. The third kappa shape index (κ3) is 3.73. The summed E-state index contributed by atoms with van der Waals surface area (Å²) in [6, 6.07) is 9.90. The lowest BCUT2D eigenvalue weighted by Crippen LogP contribution is -2.12. The minimum Gasteiger partial charge on any atom is -0.338 e. The van der Waals surface area contributed by atoms with Crippen LogP contribution in [-0.2, 0) is 6.18 Å². The maximum atomic E-state index is 13.0. The van der Waals surface area contributed by atoms with Crippen molar-refractivity contribution in [2.45, 2.75) is 20.0 Å². The monoisotopic (exact) mass is 416 g/mol. The second-order valence-electron chi connectivity index (χ2n) is 6.48. The molecule has 2 N–H and O–H groups in total. The highest BCUT2D eigenvalue weighted by Gasteiger charge is 2.30. The normalized spacial score (nSPS) is 11.8. The van der Waals surface area contributed by atoms with E-state index in [0.717, 1.165) is 22.7 Å². The molecular weight excluding hydrogens is 401 g/mol. The van der Waals surface area contributed by atoms with Crippen molar-refractivity contribution in [1.29, 1.82) is 0 Å². The van der Waals surface area contributed by atoms with Gasteiger partial charge in [0.2, 0.25) is 0 Å². The van der Waals surface area contributed by atoms with Crippen LogP contribution in [0.15, 0.2) is 42.5 Å². The van der Waals surface area contributed by atoms with Gasteiger partial charge >= 0.3 is 6.18 Å². The summed E-state index contributed by atoms with van der Waals surface area (Å²) in [5, 5.41) is 3.24. The number of nitrogens with zero attached hydrogens (tertiary/aromatic N) is 2. The van der Waals surface area contributed by atoms with Crippen LogP contribution in [0, 0.1) is 13.8 Å². The number of aryl methyl sites for hydroxylation is 2. The molecule has 4 rings (SSSR count). The predicted molar refractivity (Wildman–Crippen MR) is 106 cm³/mol. The van der Waals surface area contributed by atoms with Gasteiger partial charge in [-0.15, -0.1) is 11.3 Å². The fourth-order valence-electron chi connectivity index (χ4n) is 2.89. The highest BCUT2D eigenvalue weighted by molar-refractivity contribution is 7.15. The first-order chi connectivity index (χ1) is 13.7. The van der Waals surface area contributed by atoms with Crippen molar-refractivity contribution < 1.29 is 18.0 Å². The van der Waals surface area contributed by atoms with Crippen LogP contribution in [-0.4, -0.2) is 20.9 Å². The van der Waals surface area contributed by atoms with Gasteiger partial charge in [-0.2, -0.15) is 13.2 Å². The number of anilines is 1. The third-order valence-electron chi connectivity index (χ3n) is 4.47. The van der Waals surface area contributed by atoms with Gasteiger partial charge in [0.05, 0.1) is 22.3 Å². The average molecular weight is 416 g/mol. The average Bonchev–Trinajstić information content (AvgIpc) is 3.24. The molecule has 0 aliphatic carbocycles. The minimum atomic E-state index is -4.45. The molecule has 0 bridgehead atoms. The standard InChI is InChI=1S/C20H15F3N4OS/c1-10-11(2)29-19(24-10)27-18(28)14-7-4-8-15-16(14)26-17(25-15)12-5-3-6-13(9-12)20(21,22)23/h3-9H,1-2H3,(H,25,26)(H,24,27,28). The van der Waals surface area contributed by atoms with E-state index in [4.69, 9.17) is 0 Å². The Balaban J connectivity index is 1.71. The number of aromatic nitrogens is 3. The number of rotatable bonds is 3. The Kier molecular flexibility index (Phi) is 4.62.